The maximum atomic E-state index is 14.3. The summed E-state index contributed by atoms with van der Waals surface area (Å²) in [7, 11) is 1.59. The van der Waals surface area contributed by atoms with Crippen molar-refractivity contribution in [2.24, 2.45) is 11.3 Å². The number of fused-ring (bicyclic) bond motifs is 1. The molecule has 3 fully saturated rings. The van der Waals surface area contributed by atoms with Gasteiger partial charge in [-0.3, -0.25) is 14.6 Å². The van der Waals surface area contributed by atoms with Crippen molar-refractivity contribution < 1.29 is 38.5 Å². The van der Waals surface area contributed by atoms with E-state index in [1.807, 2.05) is 24.3 Å². The molecule has 0 bridgehead atoms. The molecule has 12 nitrogen and oxygen atoms in total. The number of aliphatic carboxylic acids is 1. The molecule has 3 aliphatic rings. The van der Waals surface area contributed by atoms with Crippen LogP contribution >= 0.6 is 0 Å². The van der Waals surface area contributed by atoms with E-state index in [0.29, 0.717) is 22.9 Å². The fraction of sp³-hybridized carbons (Fsp3) is 0.571. The Balaban J connectivity index is 1.47. The molecule has 1 unspecified atom stereocenters. The van der Waals surface area contributed by atoms with Gasteiger partial charge >= 0.3 is 12.1 Å². The highest BCUT2D eigenvalue weighted by Crippen LogP contribution is 2.45. The first-order valence-electron chi connectivity index (χ1n) is 16.1. The van der Waals surface area contributed by atoms with Crippen LogP contribution in [-0.2, 0) is 19.1 Å². The van der Waals surface area contributed by atoms with Crippen LogP contribution in [0.1, 0.15) is 78.8 Å². The molecule has 5 rings (SSSR count). The number of amides is 3. The number of carboxylic acids is 1. The maximum absolute atomic E-state index is 14.3. The SMILES string of the molecule is C=CC1C[C@]1(NC(=O)[C@@H]1C[C@@H](Oc2cc(C3CC3)nc3cc(OC)ccc23)CN1C(=O)[C@@H](NC(=O)OC(C)(C)C)C(C)(C)C)C(=O)O. The number of nitrogens with zero attached hydrogens (tertiary/aromatic N) is 2. The number of aromatic nitrogens is 1. The molecule has 1 aromatic heterocycles. The predicted octanol–water partition coefficient (Wildman–Crippen LogP) is 4.55. The van der Waals surface area contributed by atoms with Gasteiger partial charge in [0.05, 0.1) is 19.2 Å². The van der Waals surface area contributed by atoms with Gasteiger partial charge in [0, 0.05) is 41.5 Å². The van der Waals surface area contributed by atoms with Crippen LogP contribution in [0.2, 0.25) is 0 Å². The topological polar surface area (TPSA) is 156 Å². The number of ether oxygens (including phenoxy) is 3. The number of hydrogen-bond donors (Lipinski definition) is 3. The van der Waals surface area contributed by atoms with E-state index in [2.05, 4.69) is 17.2 Å². The highest BCUT2D eigenvalue weighted by atomic mass is 16.6. The van der Waals surface area contributed by atoms with Gasteiger partial charge in [-0.1, -0.05) is 26.8 Å². The lowest BCUT2D eigenvalue weighted by molar-refractivity contribution is -0.146. The number of hydrogen-bond acceptors (Lipinski definition) is 8. The van der Waals surface area contributed by atoms with Crippen molar-refractivity contribution in [1.82, 2.24) is 20.5 Å². The summed E-state index contributed by atoms with van der Waals surface area (Å²) >= 11 is 0. The zero-order valence-electron chi connectivity index (χ0n) is 28.2. The second kappa shape index (κ2) is 12.4. The van der Waals surface area contributed by atoms with Gasteiger partial charge in [0.15, 0.2) is 0 Å². The van der Waals surface area contributed by atoms with Crippen molar-refractivity contribution in [3.8, 4) is 11.5 Å². The normalized spacial score (nSPS) is 24.7. The molecule has 254 valence electrons. The summed E-state index contributed by atoms with van der Waals surface area (Å²) in [5.74, 6) is -1.13. The molecular formula is C35H46N4O8. The number of rotatable bonds is 10. The van der Waals surface area contributed by atoms with Crippen LogP contribution in [0, 0.1) is 11.3 Å². The zero-order valence-corrected chi connectivity index (χ0v) is 28.2. The molecule has 12 heteroatoms. The van der Waals surface area contributed by atoms with Crippen LogP contribution in [0.15, 0.2) is 36.9 Å². The van der Waals surface area contributed by atoms with Gasteiger partial charge in [-0.05, 0) is 57.6 Å². The number of carbonyl (C=O) groups is 4. The monoisotopic (exact) mass is 650 g/mol. The fourth-order valence-corrected chi connectivity index (χ4v) is 6.12. The number of carbonyl (C=O) groups excluding carboxylic acids is 3. The molecule has 1 aliphatic heterocycles. The van der Waals surface area contributed by atoms with Gasteiger partial charge < -0.3 is 34.9 Å². The molecule has 0 spiro atoms. The first-order valence-corrected chi connectivity index (χ1v) is 16.1. The first-order chi connectivity index (χ1) is 22.0. The average Bonchev–Trinajstić information content (AvgIpc) is 3.90. The molecule has 2 saturated carbocycles. The summed E-state index contributed by atoms with van der Waals surface area (Å²) in [6, 6.07) is 5.35. The van der Waals surface area contributed by atoms with Crippen LogP contribution < -0.4 is 20.1 Å². The van der Waals surface area contributed by atoms with Crippen molar-refractivity contribution >= 4 is 34.8 Å². The summed E-state index contributed by atoms with van der Waals surface area (Å²) in [6.07, 6.45) is 2.51. The third-order valence-corrected chi connectivity index (χ3v) is 8.94. The Bertz CT molecular complexity index is 1590. The van der Waals surface area contributed by atoms with E-state index in [9.17, 15) is 24.3 Å². The third kappa shape index (κ3) is 7.31. The zero-order chi connectivity index (χ0) is 34.5. The molecular weight excluding hydrogens is 604 g/mol. The molecule has 1 saturated heterocycles. The smallest absolute Gasteiger partial charge is 0.408 e. The van der Waals surface area contributed by atoms with Crippen molar-refractivity contribution in [1.29, 1.82) is 0 Å². The molecule has 2 aliphatic carbocycles. The number of nitrogens with one attached hydrogen (secondary N) is 2. The summed E-state index contributed by atoms with van der Waals surface area (Å²) in [5, 5.41) is 16.2. The largest absolute Gasteiger partial charge is 0.497 e. The summed E-state index contributed by atoms with van der Waals surface area (Å²) in [6.45, 7) is 14.3. The minimum absolute atomic E-state index is 0.0309. The average molecular weight is 651 g/mol. The highest BCUT2D eigenvalue weighted by molar-refractivity contribution is 5.96. The van der Waals surface area contributed by atoms with E-state index in [4.69, 9.17) is 19.2 Å². The Kier molecular flexibility index (Phi) is 8.93. The molecule has 3 N–H and O–H groups in total. The van der Waals surface area contributed by atoms with Crippen LogP contribution in [0.4, 0.5) is 4.79 Å². The lowest BCUT2D eigenvalue weighted by Gasteiger charge is -2.35. The minimum atomic E-state index is -1.48. The number of likely N-dealkylation sites (tertiary alicyclic amines) is 1. The number of benzene rings is 1. The highest BCUT2D eigenvalue weighted by Gasteiger charge is 2.61. The first kappa shape index (κ1) is 34.0. The van der Waals surface area contributed by atoms with Gasteiger partial charge in [0.2, 0.25) is 11.8 Å². The quantitative estimate of drug-likeness (QED) is 0.314. The Morgan fingerprint density at radius 1 is 1.13 bits per heavy atom. The Morgan fingerprint density at radius 3 is 2.38 bits per heavy atom. The van der Waals surface area contributed by atoms with Crippen LogP contribution in [0.25, 0.3) is 10.9 Å². The molecule has 2 heterocycles. The van der Waals surface area contributed by atoms with Crippen molar-refractivity contribution in [3.05, 3.63) is 42.6 Å². The number of pyridine rings is 1. The lowest BCUT2D eigenvalue weighted by Crippen LogP contribution is -2.59. The van der Waals surface area contributed by atoms with Gasteiger partial charge in [-0.2, -0.15) is 0 Å². The van der Waals surface area contributed by atoms with E-state index in [1.165, 1.54) is 11.0 Å². The fourth-order valence-electron chi connectivity index (χ4n) is 6.12. The third-order valence-electron chi connectivity index (χ3n) is 8.94. The molecule has 1 aromatic carbocycles. The molecule has 5 atom stereocenters. The summed E-state index contributed by atoms with van der Waals surface area (Å²) < 4.78 is 17.5. The maximum Gasteiger partial charge on any atom is 0.408 e. The van der Waals surface area contributed by atoms with Crippen molar-refractivity contribution in [2.75, 3.05) is 13.7 Å². The van der Waals surface area contributed by atoms with E-state index in [-0.39, 0.29) is 19.4 Å². The second-order valence-electron chi connectivity index (χ2n) is 14.9. The number of carboxylic acid groups (broad SMARTS) is 1. The Labute approximate surface area is 275 Å². The number of alkyl carbamates (subject to hydrolysis) is 1. The van der Waals surface area contributed by atoms with Crippen molar-refractivity contribution in [2.45, 2.75) is 102 Å². The van der Waals surface area contributed by atoms with Crippen LogP contribution in [0.5, 0.6) is 11.5 Å². The number of methoxy groups -OCH3 is 1. The second-order valence-corrected chi connectivity index (χ2v) is 14.9. The van der Waals surface area contributed by atoms with E-state index < -0.39 is 64.5 Å². The van der Waals surface area contributed by atoms with Gasteiger partial charge in [0.1, 0.15) is 40.8 Å². The van der Waals surface area contributed by atoms with Crippen molar-refractivity contribution in [3.63, 3.8) is 0 Å². The standard InChI is InChI=1S/C35H46N4O8/c1-9-20-17-35(20,31(42)43)38-29(40)26-15-22(18-39(26)30(41)28(33(2,3)4)37-32(44)47-34(5,6)7)46-27-16-24(19-10-11-19)36-25-14-21(45-8)12-13-23(25)27/h9,12-14,16,19-20,22,26,28H,1,10-11,15,17-18H2,2-8H3,(H,37,44)(H,38,40)(H,42,43)/t20?,22-,26+,28-,35-/m1/s1. The molecule has 47 heavy (non-hydrogen) atoms. The van der Waals surface area contributed by atoms with Crippen LogP contribution in [0.3, 0.4) is 0 Å². The van der Waals surface area contributed by atoms with E-state index >= 15 is 0 Å². The Hall–Kier alpha value is -4.35. The lowest BCUT2D eigenvalue weighted by atomic mass is 9.85. The minimum Gasteiger partial charge on any atom is -0.497 e. The van der Waals surface area contributed by atoms with Gasteiger partial charge in [0.25, 0.3) is 0 Å². The predicted molar refractivity (Wildman–Crippen MR) is 174 cm³/mol. The summed E-state index contributed by atoms with van der Waals surface area (Å²) in [4.78, 5) is 59.6. The van der Waals surface area contributed by atoms with Crippen LogP contribution in [-0.4, -0.2) is 81.8 Å². The summed E-state index contributed by atoms with van der Waals surface area (Å²) in [5.41, 5.74) is -1.42. The Morgan fingerprint density at radius 2 is 1.83 bits per heavy atom. The van der Waals surface area contributed by atoms with Gasteiger partial charge in [-0.15, -0.1) is 6.58 Å². The molecule has 2 aromatic rings. The van der Waals surface area contributed by atoms with Gasteiger partial charge in [-0.25, -0.2) is 9.59 Å². The van der Waals surface area contributed by atoms with E-state index in [0.717, 1.165) is 23.9 Å². The molecule has 0 radical (unpaired) electrons. The van der Waals surface area contributed by atoms with E-state index in [1.54, 1.807) is 48.7 Å². The molecule has 3 amide bonds.